The molecule has 0 aliphatic carbocycles. The van der Waals surface area contributed by atoms with E-state index in [4.69, 9.17) is 15.7 Å². The molecule has 7 heteroatoms. The third-order valence-corrected chi connectivity index (χ3v) is 2.49. The van der Waals surface area contributed by atoms with Crippen molar-refractivity contribution < 1.29 is 18.7 Å². The lowest BCUT2D eigenvalue weighted by Crippen LogP contribution is -2.40. The molecule has 5 nitrogen and oxygen atoms in total. The van der Waals surface area contributed by atoms with Crippen molar-refractivity contribution >= 4 is 5.84 Å². The summed E-state index contributed by atoms with van der Waals surface area (Å²) in [6.45, 7) is 2.19. The van der Waals surface area contributed by atoms with Crippen LogP contribution in [0.15, 0.2) is 5.16 Å². The Bertz CT molecular complexity index is 261. The molecule has 1 saturated heterocycles. The summed E-state index contributed by atoms with van der Waals surface area (Å²) in [5.74, 6) is -2.79. The van der Waals surface area contributed by atoms with Crippen molar-refractivity contribution in [2.24, 2.45) is 10.9 Å². The fourth-order valence-electron chi connectivity index (χ4n) is 1.81. The highest BCUT2D eigenvalue weighted by Crippen LogP contribution is 2.31. The van der Waals surface area contributed by atoms with E-state index >= 15 is 0 Å². The second-order valence-electron chi connectivity index (χ2n) is 3.87. The maximum atomic E-state index is 13.2. The highest BCUT2D eigenvalue weighted by atomic mass is 19.3. The number of rotatable bonds is 5. The van der Waals surface area contributed by atoms with E-state index in [0.717, 1.165) is 0 Å². The molecule has 0 bridgehead atoms. The van der Waals surface area contributed by atoms with Crippen LogP contribution >= 0.6 is 0 Å². The van der Waals surface area contributed by atoms with Gasteiger partial charge in [-0.2, -0.15) is 0 Å². The Kier molecular flexibility index (Phi) is 4.43. The minimum absolute atomic E-state index is 0.0316. The second kappa shape index (κ2) is 5.40. The van der Waals surface area contributed by atoms with Crippen molar-refractivity contribution in [2.45, 2.75) is 25.3 Å². The first kappa shape index (κ1) is 13.1. The van der Waals surface area contributed by atoms with E-state index in [1.165, 1.54) is 4.90 Å². The van der Waals surface area contributed by atoms with Gasteiger partial charge in [0.05, 0.1) is 19.7 Å². The van der Waals surface area contributed by atoms with Crippen LogP contribution in [0.1, 0.15) is 13.3 Å². The third kappa shape index (κ3) is 3.57. The fraction of sp³-hybridized carbons (Fsp3) is 0.889. The van der Waals surface area contributed by atoms with Gasteiger partial charge in [0.15, 0.2) is 5.84 Å². The molecule has 0 aromatic carbocycles. The van der Waals surface area contributed by atoms with Gasteiger partial charge in [-0.1, -0.05) is 5.16 Å². The van der Waals surface area contributed by atoms with Gasteiger partial charge in [-0.05, 0) is 6.92 Å². The van der Waals surface area contributed by atoms with E-state index < -0.39 is 5.92 Å². The average molecular weight is 237 g/mol. The number of hydrogen-bond donors (Lipinski definition) is 2. The first-order valence-corrected chi connectivity index (χ1v) is 5.14. The van der Waals surface area contributed by atoms with Gasteiger partial charge in [0, 0.05) is 19.1 Å². The van der Waals surface area contributed by atoms with E-state index in [1.54, 1.807) is 6.92 Å². The molecule has 1 rings (SSSR count). The van der Waals surface area contributed by atoms with Crippen LogP contribution in [0.5, 0.6) is 0 Å². The highest BCUT2D eigenvalue weighted by Gasteiger charge is 2.44. The zero-order valence-electron chi connectivity index (χ0n) is 9.20. The van der Waals surface area contributed by atoms with Gasteiger partial charge in [0.2, 0.25) is 0 Å². The summed E-state index contributed by atoms with van der Waals surface area (Å²) in [5, 5.41) is 11.2. The second-order valence-corrected chi connectivity index (χ2v) is 3.87. The van der Waals surface area contributed by atoms with Crippen molar-refractivity contribution in [1.82, 2.24) is 4.90 Å². The van der Waals surface area contributed by atoms with Crippen molar-refractivity contribution in [3.63, 3.8) is 0 Å². The normalized spacial score (nSPS) is 26.2. The van der Waals surface area contributed by atoms with Crippen molar-refractivity contribution in [3.05, 3.63) is 0 Å². The number of nitrogens with zero attached hydrogens (tertiary/aromatic N) is 2. The smallest absolute Gasteiger partial charge is 0.262 e. The van der Waals surface area contributed by atoms with Crippen molar-refractivity contribution in [1.29, 1.82) is 0 Å². The number of halogens is 2. The van der Waals surface area contributed by atoms with Crippen LogP contribution in [0.3, 0.4) is 0 Å². The summed E-state index contributed by atoms with van der Waals surface area (Å²) in [6, 6.07) is -0.379. The number of oxime groups is 1. The van der Waals surface area contributed by atoms with Crippen LogP contribution in [0.25, 0.3) is 0 Å². The molecular weight excluding hydrogens is 220 g/mol. The molecule has 0 saturated carbocycles. The molecule has 3 N–H and O–H groups in total. The van der Waals surface area contributed by atoms with Crippen LogP contribution in [0.4, 0.5) is 8.78 Å². The Hall–Kier alpha value is -0.950. The average Bonchev–Trinajstić information content (AvgIpc) is 2.50. The zero-order chi connectivity index (χ0) is 12.2. The molecule has 0 aromatic rings. The van der Waals surface area contributed by atoms with Gasteiger partial charge in [-0.15, -0.1) is 0 Å². The van der Waals surface area contributed by atoms with E-state index in [2.05, 4.69) is 5.16 Å². The lowest BCUT2D eigenvalue weighted by atomic mass is 10.2. The molecule has 0 radical (unpaired) electrons. The molecule has 1 aliphatic rings. The first-order valence-electron chi connectivity index (χ1n) is 5.14. The summed E-state index contributed by atoms with van der Waals surface area (Å²) in [6.07, 6.45) is -0.244. The molecule has 0 amide bonds. The number of nitrogens with two attached hydrogens (primary N) is 1. The molecular formula is C9H17F2N3O2. The first-order chi connectivity index (χ1) is 7.48. The van der Waals surface area contributed by atoms with Gasteiger partial charge < -0.3 is 15.7 Å². The number of likely N-dealkylation sites (tertiary alicyclic amines) is 1. The lowest BCUT2D eigenvalue weighted by Gasteiger charge is -2.22. The van der Waals surface area contributed by atoms with E-state index in [9.17, 15) is 8.78 Å². The van der Waals surface area contributed by atoms with Gasteiger partial charge in [0.25, 0.3) is 5.92 Å². The largest absolute Gasteiger partial charge is 0.409 e. The molecule has 0 unspecified atom stereocenters. The third-order valence-electron chi connectivity index (χ3n) is 2.49. The van der Waals surface area contributed by atoms with Crippen LogP contribution in [0, 0.1) is 0 Å². The van der Waals surface area contributed by atoms with E-state index in [-0.39, 0.29) is 38.0 Å². The Morgan fingerprint density at radius 3 is 2.94 bits per heavy atom. The summed E-state index contributed by atoms with van der Waals surface area (Å²) >= 11 is 0. The number of alkyl halides is 2. The molecule has 1 heterocycles. The molecule has 94 valence electrons. The topological polar surface area (TPSA) is 71.1 Å². The van der Waals surface area contributed by atoms with Gasteiger partial charge in [-0.25, -0.2) is 8.78 Å². The predicted octanol–water partition coefficient (Wildman–Crippen LogP) is 0.479. The Labute approximate surface area is 92.8 Å². The zero-order valence-corrected chi connectivity index (χ0v) is 9.20. The summed E-state index contributed by atoms with van der Waals surface area (Å²) in [5.41, 5.74) is 5.30. The van der Waals surface area contributed by atoms with Gasteiger partial charge in [0.1, 0.15) is 0 Å². The van der Waals surface area contributed by atoms with Gasteiger partial charge >= 0.3 is 0 Å². The monoisotopic (exact) mass is 237 g/mol. The summed E-state index contributed by atoms with van der Waals surface area (Å²) < 4.78 is 31.5. The molecule has 0 spiro atoms. The Morgan fingerprint density at radius 1 is 1.69 bits per heavy atom. The number of ether oxygens (including phenoxy) is 1. The maximum Gasteiger partial charge on any atom is 0.262 e. The molecule has 0 aromatic heterocycles. The predicted molar refractivity (Wildman–Crippen MR) is 54.8 cm³/mol. The van der Waals surface area contributed by atoms with Crippen LogP contribution in [-0.4, -0.2) is 54.2 Å². The molecule has 1 fully saturated rings. The van der Waals surface area contributed by atoms with Gasteiger partial charge in [-0.3, -0.25) is 4.90 Å². The molecule has 1 aliphatic heterocycles. The minimum atomic E-state index is -2.72. The van der Waals surface area contributed by atoms with Crippen molar-refractivity contribution in [3.8, 4) is 0 Å². The fourth-order valence-corrected chi connectivity index (χ4v) is 1.81. The Balaban J connectivity index is 2.57. The Morgan fingerprint density at radius 2 is 2.38 bits per heavy atom. The quantitative estimate of drug-likeness (QED) is 0.316. The standard InChI is InChI=1S/C9H17F2N3O2/c1-2-16-5-7-3-9(10,11)6-14(7)4-8(12)13-15/h7,15H,2-6H2,1H3,(H2,12,13)/t7-/m0/s1. The van der Waals surface area contributed by atoms with Crippen LogP contribution < -0.4 is 5.73 Å². The van der Waals surface area contributed by atoms with Crippen molar-refractivity contribution in [2.75, 3.05) is 26.3 Å². The van der Waals surface area contributed by atoms with Crippen LogP contribution in [-0.2, 0) is 4.74 Å². The van der Waals surface area contributed by atoms with E-state index in [1.807, 2.05) is 0 Å². The SMILES string of the molecule is CCOC[C@@H]1CC(F)(F)CN1CC(N)=NO. The molecule has 16 heavy (non-hydrogen) atoms. The highest BCUT2D eigenvalue weighted by molar-refractivity contribution is 5.81. The summed E-state index contributed by atoms with van der Waals surface area (Å²) in [7, 11) is 0. The van der Waals surface area contributed by atoms with E-state index in [0.29, 0.717) is 6.61 Å². The number of hydrogen-bond acceptors (Lipinski definition) is 4. The lowest BCUT2D eigenvalue weighted by molar-refractivity contribution is 0.0123. The summed E-state index contributed by atoms with van der Waals surface area (Å²) in [4.78, 5) is 1.48. The van der Waals surface area contributed by atoms with Crippen LogP contribution in [0.2, 0.25) is 0 Å². The minimum Gasteiger partial charge on any atom is -0.409 e. The molecule has 1 atom stereocenters. The number of amidine groups is 1. The maximum absolute atomic E-state index is 13.2.